The molecule has 0 bridgehead atoms. The van der Waals surface area contributed by atoms with Gasteiger partial charge in [-0.05, 0) is 35.2 Å². The molecule has 0 fully saturated rings. The van der Waals surface area contributed by atoms with E-state index >= 15 is 0 Å². The summed E-state index contributed by atoms with van der Waals surface area (Å²) in [7, 11) is -3.36. The van der Waals surface area contributed by atoms with E-state index in [0.717, 1.165) is 5.56 Å². The van der Waals surface area contributed by atoms with E-state index in [-0.39, 0.29) is 5.75 Å². The maximum absolute atomic E-state index is 12.4. The van der Waals surface area contributed by atoms with Crippen LogP contribution in [0.4, 0.5) is 5.69 Å². The molecule has 0 unspecified atom stereocenters. The van der Waals surface area contributed by atoms with Crippen molar-refractivity contribution in [3.63, 3.8) is 0 Å². The first kappa shape index (κ1) is 14.6. The minimum Gasteiger partial charge on any atom is -0.398 e. The lowest BCUT2D eigenvalue weighted by Crippen LogP contribution is -2.07. The van der Waals surface area contributed by atoms with Gasteiger partial charge in [-0.15, -0.1) is 0 Å². The van der Waals surface area contributed by atoms with Crippen LogP contribution in [0.5, 0.6) is 0 Å². The van der Waals surface area contributed by atoms with Gasteiger partial charge in [0.2, 0.25) is 0 Å². The summed E-state index contributed by atoms with van der Waals surface area (Å²) in [6, 6.07) is 14.1. The second-order valence-electron chi connectivity index (χ2n) is 5.18. The Balaban J connectivity index is 2.29. The lowest BCUT2D eigenvalue weighted by atomic mass is 10.0. The maximum Gasteiger partial charge on any atom is 0.182 e. The van der Waals surface area contributed by atoms with Crippen LogP contribution >= 0.6 is 0 Å². The first-order valence-corrected chi connectivity index (χ1v) is 8.21. The summed E-state index contributed by atoms with van der Waals surface area (Å²) in [6.07, 6.45) is 0. The van der Waals surface area contributed by atoms with Crippen LogP contribution in [0.25, 0.3) is 0 Å². The Bertz CT molecular complexity index is 689. The van der Waals surface area contributed by atoms with Crippen molar-refractivity contribution in [1.29, 1.82) is 0 Å². The minimum absolute atomic E-state index is 0.0688. The van der Waals surface area contributed by atoms with Gasteiger partial charge in [0.25, 0.3) is 0 Å². The average Bonchev–Trinajstić information content (AvgIpc) is 2.41. The highest BCUT2D eigenvalue weighted by molar-refractivity contribution is 7.90. The summed E-state index contributed by atoms with van der Waals surface area (Å²) in [6.45, 7) is 4.16. The van der Waals surface area contributed by atoms with Crippen molar-refractivity contribution in [2.75, 3.05) is 5.73 Å². The fourth-order valence-corrected chi connectivity index (χ4v) is 3.40. The maximum atomic E-state index is 12.4. The second-order valence-corrected chi connectivity index (χ2v) is 7.17. The molecule has 0 aliphatic rings. The van der Waals surface area contributed by atoms with Crippen LogP contribution in [0.1, 0.15) is 30.9 Å². The van der Waals surface area contributed by atoms with E-state index in [9.17, 15) is 8.42 Å². The summed E-state index contributed by atoms with van der Waals surface area (Å²) in [5.74, 6) is 0.317. The van der Waals surface area contributed by atoms with Crippen molar-refractivity contribution in [3.8, 4) is 0 Å². The molecule has 20 heavy (non-hydrogen) atoms. The summed E-state index contributed by atoms with van der Waals surface area (Å²) >= 11 is 0. The number of nitrogens with two attached hydrogens (primary N) is 1. The number of benzene rings is 2. The molecular weight excluding hydrogens is 270 g/mol. The van der Waals surface area contributed by atoms with E-state index < -0.39 is 9.84 Å². The Hall–Kier alpha value is -1.81. The van der Waals surface area contributed by atoms with Crippen LogP contribution in [-0.2, 0) is 15.6 Å². The molecule has 0 radical (unpaired) electrons. The van der Waals surface area contributed by atoms with E-state index in [4.69, 9.17) is 5.73 Å². The zero-order valence-electron chi connectivity index (χ0n) is 11.7. The van der Waals surface area contributed by atoms with Crippen molar-refractivity contribution in [2.24, 2.45) is 0 Å². The highest BCUT2D eigenvalue weighted by Crippen LogP contribution is 2.22. The molecule has 0 aliphatic carbocycles. The van der Waals surface area contributed by atoms with Crippen molar-refractivity contribution in [3.05, 3.63) is 59.7 Å². The van der Waals surface area contributed by atoms with Crippen molar-refractivity contribution in [2.45, 2.75) is 30.4 Å². The lowest BCUT2D eigenvalue weighted by Gasteiger charge is -2.09. The topological polar surface area (TPSA) is 60.2 Å². The Kier molecular flexibility index (Phi) is 4.14. The van der Waals surface area contributed by atoms with Crippen LogP contribution in [0.2, 0.25) is 0 Å². The predicted octanol–water partition coefficient (Wildman–Crippen LogP) is 3.37. The molecule has 2 aromatic rings. The van der Waals surface area contributed by atoms with Crippen molar-refractivity contribution >= 4 is 15.5 Å². The van der Waals surface area contributed by atoms with Gasteiger partial charge in [0, 0.05) is 5.69 Å². The number of hydrogen-bond acceptors (Lipinski definition) is 3. The van der Waals surface area contributed by atoms with Gasteiger partial charge in [-0.25, -0.2) is 8.42 Å². The SMILES string of the molecule is CC(C)c1ccc(S(=O)(=O)Cc2ccccc2N)cc1. The molecule has 106 valence electrons. The van der Waals surface area contributed by atoms with Gasteiger partial charge < -0.3 is 5.73 Å². The normalized spacial score (nSPS) is 11.8. The van der Waals surface area contributed by atoms with E-state index in [1.807, 2.05) is 12.1 Å². The lowest BCUT2D eigenvalue weighted by molar-refractivity contribution is 0.595. The molecule has 0 atom stereocenters. The number of sulfone groups is 1. The summed E-state index contributed by atoms with van der Waals surface area (Å²) in [5.41, 5.74) is 8.08. The smallest absolute Gasteiger partial charge is 0.182 e. The molecule has 0 aliphatic heterocycles. The molecule has 2 rings (SSSR count). The Morgan fingerprint density at radius 3 is 2.15 bits per heavy atom. The minimum atomic E-state index is -3.36. The summed E-state index contributed by atoms with van der Waals surface area (Å²) < 4.78 is 24.8. The molecule has 0 heterocycles. The zero-order chi connectivity index (χ0) is 14.8. The number of hydrogen-bond donors (Lipinski definition) is 1. The number of nitrogen functional groups attached to an aromatic ring is 1. The van der Waals surface area contributed by atoms with Crippen LogP contribution in [0.3, 0.4) is 0 Å². The average molecular weight is 289 g/mol. The summed E-state index contributed by atoms with van der Waals surface area (Å²) in [5, 5.41) is 0. The quantitative estimate of drug-likeness (QED) is 0.878. The monoisotopic (exact) mass is 289 g/mol. The van der Waals surface area contributed by atoms with Crippen LogP contribution in [0.15, 0.2) is 53.4 Å². The highest BCUT2D eigenvalue weighted by atomic mass is 32.2. The third-order valence-corrected chi connectivity index (χ3v) is 4.99. The van der Waals surface area contributed by atoms with Crippen LogP contribution in [0, 0.1) is 0 Å². The fraction of sp³-hybridized carbons (Fsp3) is 0.250. The van der Waals surface area contributed by atoms with Gasteiger partial charge in [0.05, 0.1) is 10.6 Å². The van der Waals surface area contributed by atoms with E-state index in [0.29, 0.717) is 22.1 Å². The number of anilines is 1. The van der Waals surface area contributed by atoms with Crippen molar-refractivity contribution < 1.29 is 8.42 Å². The molecule has 2 N–H and O–H groups in total. The third kappa shape index (κ3) is 3.20. The molecule has 3 nitrogen and oxygen atoms in total. The molecule has 0 aromatic heterocycles. The third-order valence-electron chi connectivity index (χ3n) is 3.31. The molecule has 0 spiro atoms. The second kappa shape index (κ2) is 5.67. The largest absolute Gasteiger partial charge is 0.398 e. The number of rotatable bonds is 4. The van der Waals surface area contributed by atoms with E-state index in [1.54, 1.807) is 36.4 Å². The van der Waals surface area contributed by atoms with E-state index in [1.165, 1.54) is 0 Å². The predicted molar refractivity (Wildman–Crippen MR) is 82.3 cm³/mol. The van der Waals surface area contributed by atoms with Gasteiger partial charge in [-0.1, -0.05) is 44.2 Å². The molecule has 0 saturated carbocycles. The Morgan fingerprint density at radius 2 is 1.60 bits per heavy atom. The van der Waals surface area contributed by atoms with Gasteiger partial charge in [-0.3, -0.25) is 0 Å². The van der Waals surface area contributed by atoms with Gasteiger partial charge >= 0.3 is 0 Å². The summed E-state index contributed by atoms with van der Waals surface area (Å²) in [4.78, 5) is 0.338. The number of para-hydroxylation sites is 1. The van der Waals surface area contributed by atoms with Crippen molar-refractivity contribution in [1.82, 2.24) is 0 Å². The van der Waals surface area contributed by atoms with Crippen LogP contribution in [-0.4, -0.2) is 8.42 Å². The van der Waals surface area contributed by atoms with E-state index in [2.05, 4.69) is 13.8 Å². The molecule has 4 heteroatoms. The molecule has 0 amide bonds. The standard InChI is InChI=1S/C16H19NO2S/c1-12(2)13-7-9-15(10-8-13)20(18,19)11-14-5-3-4-6-16(14)17/h3-10,12H,11,17H2,1-2H3. The zero-order valence-corrected chi connectivity index (χ0v) is 12.5. The molecular formula is C16H19NO2S. The van der Waals surface area contributed by atoms with Crippen LogP contribution < -0.4 is 5.73 Å². The Morgan fingerprint density at radius 1 is 1.00 bits per heavy atom. The molecule has 2 aromatic carbocycles. The first-order chi connectivity index (χ1) is 9.40. The highest BCUT2D eigenvalue weighted by Gasteiger charge is 2.16. The first-order valence-electron chi connectivity index (χ1n) is 6.56. The fourth-order valence-electron chi connectivity index (χ4n) is 2.01. The van der Waals surface area contributed by atoms with Gasteiger partial charge in [-0.2, -0.15) is 0 Å². The van der Waals surface area contributed by atoms with Gasteiger partial charge in [0.15, 0.2) is 9.84 Å². The molecule has 0 saturated heterocycles. The van der Waals surface area contributed by atoms with Gasteiger partial charge in [0.1, 0.15) is 0 Å². The Labute approximate surface area is 120 Å².